The summed E-state index contributed by atoms with van der Waals surface area (Å²) in [5, 5.41) is 1.39. The van der Waals surface area contributed by atoms with Crippen molar-refractivity contribution in [3.05, 3.63) is 0 Å². The maximum Gasteiger partial charge on any atom is 0.410 e. The van der Waals surface area contributed by atoms with Crippen LogP contribution in [-0.4, -0.2) is 82.2 Å². The van der Waals surface area contributed by atoms with E-state index in [1.165, 1.54) is 14.9 Å². The normalized spacial score (nSPS) is 25.2. The Balaban J connectivity index is 1.52. The molecule has 3 heterocycles. The Kier molecular flexibility index (Phi) is 7.47. The standard InChI is InChI=1S/C21H35N5O6/c1-5-6-12-31-26-14-9-10-16(25(13-14)19(26)29)18(28)23-22-17(27)15-8-7-11-24(15)20(30)32-21(2,3)4/h14-16H,5-13H2,1-4H3,(H,22,27)(H,23,28)/t14-,15?,16+/m1/s1. The van der Waals surface area contributed by atoms with Gasteiger partial charge in [0.2, 0.25) is 0 Å². The maximum absolute atomic E-state index is 12.7. The molecule has 3 aliphatic heterocycles. The van der Waals surface area contributed by atoms with Gasteiger partial charge in [0.25, 0.3) is 11.8 Å². The van der Waals surface area contributed by atoms with E-state index < -0.39 is 35.6 Å². The number of rotatable bonds is 6. The van der Waals surface area contributed by atoms with Crippen molar-refractivity contribution in [1.29, 1.82) is 0 Å². The fourth-order valence-corrected chi connectivity index (χ4v) is 4.25. The number of nitrogens with one attached hydrogen (secondary N) is 2. The first-order valence-electron chi connectivity index (χ1n) is 11.4. The number of nitrogens with zero attached hydrogens (tertiary/aromatic N) is 3. The van der Waals surface area contributed by atoms with Gasteiger partial charge in [-0.2, -0.15) is 5.06 Å². The lowest BCUT2D eigenvalue weighted by molar-refractivity contribution is -0.134. The summed E-state index contributed by atoms with van der Waals surface area (Å²) in [4.78, 5) is 58.9. The molecule has 0 saturated carbocycles. The zero-order chi connectivity index (χ0) is 23.5. The van der Waals surface area contributed by atoms with Crippen LogP contribution in [0.2, 0.25) is 0 Å². The smallest absolute Gasteiger partial charge is 0.410 e. The van der Waals surface area contributed by atoms with Crippen LogP contribution in [0.25, 0.3) is 0 Å². The molecule has 2 bridgehead atoms. The predicted octanol–water partition coefficient (Wildman–Crippen LogP) is 1.53. The molecular weight excluding hydrogens is 418 g/mol. The van der Waals surface area contributed by atoms with Crippen LogP contribution in [0.4, 0.5) is 9.59 Å². The number of hydroxylamine groups is 2. The van der Waals surface area contributed by atoms with Gasteiger partial charge in [0.15, 0.2) is 0 Å². The van der Waals surface area contributed by atoms with Gasteiger partial charge in [-0.15, -0.1) is 0 Å². The van der Waals surface area contributed by atoms with Crippen molar-refractivity contribution < 1.29 is 28.8 Å². The highest BCUT2D eigenvalue weighted by Gasteiger charge is 2.48. The van der Waals surface area contributed by atoms with Crippen molar-refractivity contribution >= 4 is 23.9 Å². The highest BCUT2D eigenvalue weighted by molar-refractivity contribution is 5.91. The molecule has 11 heteroatoms. The van der Waals surface area contributed by atoms with Crippen LogP contribution in [-0.2, 0) is 19.2 Å². The quantitative estimate of drug-likeness (QED) is 0.465. The van der Waals surface area contributed by atoms with E-state index in [4.69, 9.17) is 9.57 Å². The summed E-state index contributed by atoms with van der Waals surface area (Å²) in [6.07, 6.45) is 3.56. The molecule has 0 spiro atoms. The van der Waals surface area contributed by atoms with Crippen LogP contribution >= 0.6 is 0 Å². The van der Waals surface area contributed by atoms with E-state index in [-0.39, 0.29) is 12.1 Å². The number of piperidine rings is 1. The lowest BCUT2D eigenvalue weighted by Gasteiger charge is -2.30. The van der Waals surface area contributed by atoms with Gasteiger partial charge in [0, 0.05) is 13.1 Å². The fraction of sp³-hybridized carbons (Fsp3) is 0.810. The van der Waals surface area contributed by atoms with Crippen molar-refractivity contribution in [2.45, 2.75) is 89.9 Å². The topological polar surface area (TPSA) is 121 Å². The van der Waals surface area contributed by atoms with Gasteiger partial charge in [-0.25, -0.2) is 9.59 Å². The van der Waals surface area contributed by atoms with E-state index in [2.05, 4.69) is 10.9 Å². The van der Waals surface area contributed by atoms with Crippen LogP contribution in [0.3, 0.4) is 0 Å². The number of carbonyl (C=O) groups excluding carboxylic acids is 4. The zero-order valence-electron chi connectivity index (χ0n) is 19.4. The van der Waals surface area contributed by atoms with Crippen molar-refractivity contribution in [3.8, 4) is 0 Å². The first-order chi connectivity index (χ1) is 15.1. The molecule has 3 aliphatic rings. The molecule has 5 amide bonds. The lowest BCUT2D eigenvalue weighted by atomic mass is 10.0. The first-order valence-corrected chi connectivity index (χ1v) is 11.4. The van der Waals surface area contributed by atoms with Crippen molar-refractivity contribution in [1.82, 2.24) is 25.7 Å². The van der Waals surface area contributed by atoms with Crippen LogP contribution in [0.15, 0.2) is 0 Å². The van der Waals surface area contributed by atoms with Crippen LogP contribution < -0.4 is 10.9 Å². The van der Waals surface area contributed by atoms with Gasteiger partial charge in [0.05, 0.1) is 12.6 Å². The number of urea groups is 1. The minimum Gasteiger partial charge on any atom is -0.444 e. The summed E-state index contributed by atoms with van der Waals surface area (Å²) < 4.78 is 5.37. The number of fused-ring (bicyclic) bond motifs is 2. The third kappa shape index (κ3) is 5.43. The van der Waals surface area contributed by atoms with E-state index in [0.29, 0.717) is 45.4 Å². The summed E-state index contributed by atoms with van der Waals surface area (Å²) in [5.74, 6) is -0.935. The van der Waals surface area contributed by atoms with Gasteiger partial charge < -0.3 is 9.64 Å². The molecule has 32 heavy (non-hydrogen) atoms. The maximum atomic E-state index is 12.7. The Labute approximate surface area is 188 Å². The molecule has 3 atom stereocenters. The largest absolute Gasteiger partial charge is 0.444 e. The number of carbonyl (C=O) groups is 4. The molecule has 2 N–H and O–H groups in total. The first kappa shape index (κ1) is 24.1. The van der Waals surface area contributed by atoms with Gasteiger partial charge in [-0.05, 0) is 52.9 Å². The Bertz CT molecular complexity index is 739. The van der Waals surface area contributed by atoms with Crippen molar-refractivity contribution in [2.24, 2.45) is 0 Å². The van der Waals surface area contributed by atoms with Gasteiger partial charge in [-0.3, -0.25) is 30.2 Å². The van der Waals surface area contributed by atoms with E-state index in [9.17, 15) is 19.2 Å². The summed E-state index contributed by atoms with van der Waals surface area (Å²) >= 11 is 0. The molecule has 3 fully saturated rings. The number of hydrogen-bond acceptors (Lipinski definition) is 6. The number of unbranched alkanes of at least 4 members (excludes halogenated alkanes) is 1. The van der Waals surface area contributed by atoms with Crippen molar-refractivity contribution in [3.63, 3.8) is 0 Å². The number of hydrazine groups is 1. The molecule has 0 aromatic carbocycles. The molecule has 1 unspecified atom stereocenters. The average molecular weight is 454 g/mol. The van der Waals surface area contributed by atoms with E-state index in [1.54, 1.807) is 20.8 Å². The number of likely N-dealkylation sites (tertiary alicyclic amines) is 1. The molecule has 3 saturated heterocycles. The minimum absolute atomic E-state index is 0.0566. The SMILES string of the molecule is CCCCON1C(=O)N2C[C@H]1CC[C@H]2C(=O)NNC(=O)C1CCCN1C(=O)OC(C)(C)C. The number of amides is 5. The Morgan fingerprint density at radius 3 is 2.41 bits per heavy atom. The second-order valence-electron chi connectivity index (χ2n) is 9.50. The molecule has 11 nitrogen and oxygen atoms in total. The predicted molar refractivity (Wildman–Crippen MR) is 114 cm³/mol. The molecule has 0 radical (unpaired) electrons. The monoisotopic (exact) mass is 453 g/mol. The Morgan fingerprint density at radius 2 is 1.75 bits per heavy atom. The molecule has 3 rings (SSSR count). The second kappa shape index (κ2) is 9.93. The molecule has 0 aromatic heterocycles. The molecule has 0 aliphatic carbocycles. The second-order valence-corrected chi connectivity index (χ2v) is 9.50. The summed E-state index contributed by atoms with van der Waals surface area (Å²) in [7, 11) is 0. The Hall–Kier alpha value is -2.56. The number of ether oxygens (including phenoxy) is 1. The highest BCUT2D eigenvalue weighted by atomic mass is 16.7. The van der Waals surface area contributed by atoms with E-state index in [1.807, 2.05) is 6.92 Å². The van der Waals surface area contributed by atoms with E-state index in [0.717, 1.165) is 12.8 Å². The van der Waals surface area contributed by atoms with Crippen LogP contribution in [0.5, 0.6) is 0 Å². The average Bonchev–Trinajstić information content (AvgIpc) is 3.31. The molecule has 180 valence electrons. The minimum atomic E-state index is -0.711. The van der Waals surface area contributed by atoms with Gasteiger partial charge in [-0.1, -0.05) is 13.3 Å². The highest BCUT2D eigenvalue weighted by Crippen LogP contribution is 2.30. The van der Waals surface area contributed by atoms with Gasteiger partial charge >= 0.3 is 12.1 Å². The van der Waals surface area contributed by atoms with Gasteiger partial charge in [0.1, 0.15) is 17.7 Å². The summed E-state index contributed by atoms with van der Waals surface area (Å²) in [6.45, 7) is 8.65. The summed E-state index contributed by atoms with van der Waals surface area (Å²) in [5.41, 5.74) is 4.20. The lowest BCUT2D eigenvalue weighted by Crippen LogP contribution is -2.57. The van der Waals surface area contributed by atoms with E-state index >= 15 is 0 Å². The Morgan fingerprint density at radius 1 is 1.06 bits per heavy atom. The van der Waals surface area contributed by atoms with Crippen LogP contribution in [0.1, 0.15) is 66.2 Å². The number of hydrogen-bond donors (Lipinski definition) is 2. The molecular formula is C21H35N5O6. The third-order valence-electron chi connectivity index (χ3n) is 5.85. The van der Waals surface area contributed by atoms with Crippen molar-refractivity contribution in [2.75, 3.05) is 19.7 Å². The zero-order valence-corrected chi connectivity index (χ0v) is 19.4. The third-order valence-corrected chi connectivity index (χ3v) is 5.85. The fourth-order valence-electron chi connectivity index (χ4n) is 4.25. The summed E-state index contributed by atoms with van der Waals surface area (Å²) in [6, 6.07) is -1.76. The van der Waals surface area contributed by atoms with Crippen LogP contribution in [0, 0.1) is 0 Å². The molecule has 0 aromatic rings.